The minimum absolute atomic E-state index is 0.269. The summed E-state index contributed by atoms with van der Waals surface area (Å²) in [5, 5.41) is 0. The maximum atomic E-state index is 6.04. The maximum absolute atomic E-state index is 6.04. The van der Waals surface area contributed by atoms with E-state index in [1.165, 1.54) is 22.4 Å². The van der Waals surface area contributed by atoms with Gasteiger partial charge in [0.25, 0.3) is 0 Å². The summed E-state index contributed by atoms with van der Waals surface area (Å²) in [6, 6.07) is 11.0. The minimum Gasteiger partial charge on any atom is -0.363 e. The number of anilines is 1. The summed E-state index contributed by atoms with van der Waals surface area (Å²) in [4.78, 5) is 6.59. The lowest BCUT2D eigenvalue weighted by Crippen LogP contribution is -2.39. The summed E-state index contributed by atoms with van der Waals surface area (Å²) < 4.78 is 0. The molecule has 1 aliphatic heterocycles. The Bertz CT molecular complexity index is 580. The van der Waals surface area contributed by atoms with Crippen LogP contribution in [0.3, 0.4) is 0 Å². The van der Waals surface area contributed by atoms with Crippen molar-refractivity contribution in [2.75, 3.05) is 18.0 Å². The number of fused-ring (bicyclic) bond motifs is 1. The summed E-state index contributed by atoms with van der Waals surface area (Å²) in [6.07, 6.45) is 4.86. The van der Waals surface area contributed by atoms with E-state index >= 15 is 0 Å². The first-order chi connectivity index (χ1) is 9.31. The molecule has 2 N–H and O–H groups in total. The van der Waals surface area contributed by atoms with Crippen molar-refractivity contribution in [1.82, 2.24) is 4.98 Å². The Morgan fingerprint density at radius 3 is 2.95 bits per heavy atom. The average Bonchev–Trinajstić information content (AvgIpc) is 2.46. The molecule has 1 atom stereocenters. The van der Waals surface area contributed by atoms with Crippen LogP contribution < -0.4 is 10.6 Å². The second-order valence-corrected chi connectivity index (χ2v) is 5.06. The molecule has 0 bridgehead atoms. The van der Waals surface area contributed by atoms with Crippen molar-refractivity contribution in [3.05, 3.63) is 59.4 Å². The van der Waals surface area contributed by atoms with Gasteiger partial charge in [0, 0.05) is 31.2 Å². The van der Waals surface area contributed by atoms with Gasteiger partial charge in [-0.05, 0) is 36.1 Å². The predicted octanol–water partition coefficient (Wildman–Crippen LogP) is 2.45. The highest BCUT2D eigenvalue weighted by Gasteiger charge is 2.26. The second kappa shape index (κ2) is 5.02. The minimum atomic E-state index is 0.269. The number of hydrogen-bond acceptors (Lipinski definition) is 3. The molecule has 0 aliphatic carbocycles. The van der Waals surface area contributed by atoms with Gasteiger partial charge in [0.05, 0.1) is 6.04 Å². The van der Waals surface area contributed by atoms with Gasteiger partial charge < -0.3 is 10.6 Å². The van der Waals surface area contributed by atoms with Crippen LogP contribution in [0.4, 0.5) is 5.69 Å². The van der Waals surface area contributed by atoms with Crippen LogP contribution in [0.2, 0.25) is 0 Å². The molecule has 0 fully saturated rings. The van der Waals surface area contributed by atoms with Crippen molar-refractivity contribution in [3.8, 4) is 0 Å². The third-order valence-corrected chi connectivity index (χ3v) is 3.94. The van der Waals surface area contributed by atoms with Gasteiger partial charge in [0.2, 0.25) is 0 Å². The molecule has 1 aliphatic rings. The zero-order valence-electron chi connectivity index (χ0n) is 11.2. The fraction of sp³-hybridized carbons (Fsp3) is 0.312. The van der Waals surface area contributed by atoms with Crippen LogP contribution >= 0.6 is 0 Å². The molecule has 1 aromatic heterocycles. The molecule has 2 aromatic rings. The van der Waals surface area contributed by atoms with Crippen LogP contribution in [0, 0.1) is 6.92 Å². The monoisotopic (exact) mass is 253 g/mol. The van der Waals surface area contributed by atoms with Crippen molar-refractivity contribution in [1.29, 1.82) is 0 Å². The lowest BCUT2D eigenvalue weighted by molar-refractivity contribution is 0.589. The van der Waals surface area contributed by atoms with E-state index < -0.39 is 0 Å². The Balaban J connectivity index is 2.03. The van der Waals surface area contributed by atoms with E-state index in [0.29, 0.717) is 6.54 Å². The standard InChI is InChI=1S/C16H19N3/c1-12-11-18-8-6-15(12)19-9-7-13-4-2-3-5-14(13)16(19)10-17/h2-6,8,11,16H,7,9-10,17H2,1H3. The third kappa shape index (κ3) is 2.10. The SMILES string of the molecule is Cc1cnccc1N1CCc2ccccc2C1CN. The number of aromatic nitrogens is 1. The van der Waals surface area contributed by atoms with Gasteiger partial charge in [0.15, 0.2) is 0 Å². The van der Waals surface area contributed by atoms with Crippen LogP contribution in [-0.4, -0.2) is 18.1 Å². The molecule has 19 heavy (non-hydrogen) atoms. The number of rotatable bonds is 2. The summed E-state index contributed by atoms with van der Waals surface area (Å²) in [5.74, 6) is 0. The van der Waals surface area contributed by atoms with E-state index in [1.54, 1.807) is 0 Å². The summed E-state index contributed by atoms with van der Waals surface area (Å²) >= 11 is 0. The van der Waals surface area contributed by atoms with E-state index in [2.05, 4.69) is 47.1 Å². The van der Waals surface area contributed by atoms with E-state index in [1.807, 2.05) is 12.4 Å². The Morgan fingerprint density at radius 1 is 1.32 bits per heavy atom. The average molecular weight is 253 g/mol. The first kappa shape index (κ1) is 12.2. The molecule has 0 amide bonds. The van der Waals surface area contributed by atoms with Crippen LogP contribution in [0.1, 0.15) is 22.7 Å². The quantitative estimate of drug-likeness (QED) is 0.894. The molecule has 2 heterocycles. The van der Waals surface area contributed by atoms with Gasteiger partial charge >= 0.3 is 0 Å². The lowest BCUT2D eigenvalue weighted by Gasteiger charge is -2.39. The van der Waals surface area contributed by atoms with Crippen molar-refractivity contribution in [2.45, 2.75) is 19.4 Å². The van der Waals surface area contributed by atoms with E-state index in [-0.39, 0.29) is 6.04 Å². The highest BCUT2D eigenvalue weighted by atomic mass is 15.2. The van der Waals surface area contributed by atoms with E-state index in [0.717, 1.165) is 13.0 Å². The lowest BCUT2D eigenvalue weighted by atomic mass is 9.92. The highest BCUT2D eigenvalue weighted by Crippen LogP contribution is 2.34. The van der Waals surface area contributed by atoms with Crippen molar-refractivity contribution in [2.24, 2.45) is 5.73 Å². The molecule has 0 spiro atoms. The normalized spacial score (nSPS) is 18.2. The molecule has 1 aromatic carbocycles. The predicted molar refractivity (Wildman–Crippen MR) is 78.3 cm³/mol. The van der Waals surface area contributed by atoms with Crippen LogP contribution in [-0.2, 0) is 6.42 Å². The molecule has 98 valence electrons. The zero-order valence-corrected chi connectivity index (χ0v) is 11.2. The second-order valence-electron chi connectivity index (χ2n) is 5.06. The zero-order chi connectivity index (χ0) is 13.2. The van der Waals surface area contributed by atoms with E-state index in [9.17, 15) is 0 Å². The molecule has 3 heteroatoms. The summed E-state index contributed by atoms with van der Waals surface area (Å²) in [7, 11) is 0. The van der Waals surface area contributed by atoms with Gasteiger partial charge in [-0.25, -0.2) is 0 Å². The third-order valence-electron chi connectivity index (χ3n) is 3.94. The van der Waals surface area contributed by atoms with Crippen LogP contribution in [0.25, 0.3) is 0 Å². The Hall–Kier alpha value is -1.87. The van der Waals surface area contributed by atoms with Crippen molar-refractivity contribution >= 4 is 5.69 Å². The summed E-state index contributed by atoms with van der Waals surface area (Å²) in [5.41, 5.74) is 11.3. The molecule has 1 unspecified atom stereocenters. The van der Waals surface area contributed by atoms with E-state index in [4.69, 9.17) is 5.73 Å². The topological polar surface area (TPSA) is 42.2 Å². The van der Waals surface area contributed by atoms with Gasteiger partial charge in [-0.15, -0.1) is 0 Å². The van der Waals surface area contributed by atoms with Crippen molar-refractivity contribution in [3.63, 3.8) is 0 Å². The first-order valence-corrected chi connectivity index (χ1v) is 6.76. The number of pyridine rings is 1. The van der Waals surface area contributed by atoms with Gasteiger partial charge in [-0.1, -0.05) is 24.3 Å². The molecule has 3 rings (SSSR count). The van der Waals surface area contributed by atoms with Gasteiger partial charge in [0.1, 0.15) is 0 Å². The fourth-order valence-electron chi connectivity index (χ4n) is 2.98. The van der Waals surface area contributed by atoms with Gasteiger partial charge in [-0.3, -0.25) is 4.98 Å². The highest BCUT2D eigenvalue weighted by molar-refractivity contribution is 5.56. The summed E-state index contributed by atoms with van der Waals surface area (Å²) in [6.45, 7) is 3.76. The first-order valence-electron chi connectivity index (χ1n) is 6.76. The number of hydrogen-bond donors (Lipinski definition) is 1. The number of benzene rings is 1. The largest absolute Gasteiger partial charge is 0.363 e. The molecule has 3 nitrogen and oxygen atoms in total. The molecular weight excluding hydrogens is 234 g/mol. The Kier molecular flexibility index (Phi) is 3.22. The number of aryl methyl sites for hydroxylation is 1. The molecule has 0 saturated heterocycles. The molecular formula is C16H19N3. The molecule has 0 radical (unpaired) electrons. The maximum Gasteiger partial charge on any atom is 0.0667 e. The fourth-order valence-corrected chi connectivity index (χ4v) is 2.98. The molecule has 0 saturated carbocycles. The van der Waals surface area contributed by atoms with Crippen LogP contribution in [0.15, 0.2) is 42.7 Å². The smallest absolute Gasteiger partial charge is 0.0667 e. The number of nitrogens with zero attached hydrogens (tertiary/aromatic N) is 2. The Morgan fingerprint density at radius 2 is 2.16 bits per heavy atom. The van der Waals surface area contributed by atoms with Crippen molar-refractivity contribution < 1.29 is 0 Å². The number of nitrogens with two attached hydrogens (primary N) is 1. The Labute approximate surface area is 114 Å². The van der Waals surface area contributed by atoms with Crippen LogP contribution in [0.5, 0.6) is 0 Å². The van der Waals surface area contributed by atoms with Gasteiger partial charge in [-0.2, -0.15) is 0 Å².